The highest BCUT2D eigenvalue weighted by molar-refractivity contribution is 5.85. The quantitative estimate of drug-likeness (QED) is 0.754. The second-order valence-electron chi connectivity index (χ2n) is 7.53. The number of aliphatic hydroxyl groups excluding tert-OH is 2. The molecule has 0 radical (unpaired) electrons. The predicted octanol–water partition coefficient (Wildman–Crippen LogP) is 1.45. The lowest BCUT2D eigenvalue weighted by molar-refractivity contribution is -0.166. The zero-order valence-electron chi connectivity index (χ0n) is 13.2. The Hall–Kier alpha value is -0.940. The van der Waals surface area contributed by atoms with Crippen LogP contribution in [0.1, 0.15) is 51.9 Å². The minimum atomic E-state index is -0.635. The summed E-state index contributed by atoms with van der Waals surface area (Å²) in [7, 11) is 0. The lowest BCUT2D eigenvalue weighted by atomic mass is 9.57. The fourth-order valence-electron chi connectivity index (χ4n) is 5.24. The third kappa shape index (κ3) is 2.58. The molecule has 2 bridgehead atoms. The summed E-state index contributed by atoms with van der Waals surface area (Å²) in [5.41, 5.74) is -0.0992. The van der Waals surface area contributed by atoms with Gasteiger partial charge in [-0.05, 0) is 43.4 Å². The molecule has 3 rings (SSSR count). The molecule has 124 valence electrons. The maximum absolute atomic E-state index is 12.5. The van der Waals surface area contributed by atoms with E-state index in [0.717, 1.165) is 25.7 Å². The van der Waals surface area contributed by atoms with E-state index in [1.165, 1.54) is 0 Å². The molecule has 5 nitrogen and oxygen atoms in total. The maximum atomic E-state index is 12.5. The summed E-state index contributed by atoms with van der Waals surface area (Å²) in [6.07, 6.45) is 4.79. The molecule has 3 aliphatic rings. The molecule has 0 aliphatic heterocycles. The van der Waals surface area contributed by atoms with Crippen molar-refractivity contribution < 1.29 is 24.5 Å². The van der Waals surface area contributed by atoms with Crippen LogP contribution in [0.5, 0.6) is 0 Å². The molecule has 22 heavy (non-hydrogen) atoms. The van der Waals surface area contributed by atoms with E-state index in [4.69, 9.17) is 9.84 Å². The second kappa shape index (κ2) is 5.93. The number of esters is 1. The Bertz CT molecular complexity index is 462. The van der Waals surface area contributed by atoms with Crippen molar-refractivity contribution in [2.75, 3.05) is 6.61 Å². The molecule has 0 heterocycles. The number of carbonyl (C=O) groups excluding carboxylic acids is 2. The summed E-state index contributed by atoms with van der Waals surface area (Å²) in [4.78, 5) is 24.1. The molecule has 0 spiro atoms. The zero-order valence-corrected chi connectivity index (χ0v) is 13.2. The average Bonchev–Trinajstić information content (AvgIpc) is 2.82. The minimum Gasteiger partial charge on any atom is -0.460 e. The highest BCUT2D eigenvalue weighted by Gasteiger charge is 2.57. The first-order valence-corrected chi connectivity index (χ1v) is 8.48. The molecule has 0 aromatic carbocycles. The van der Waals surface area contributed by atoms with Crippen LogP contribution in [0.2, 0.25) is 0 Å². The Morgan fingerprint density at radius 1 is 1.41 bits per heavy atom. The van der Waals surface area contributed by atoms with Gasteiger partial charge in [-0.15, -0.1) is 0 Å². The SMILES string of the molecule is CC1C[C@@H](OC(=O)CO)C2CCCC3(CCC(=O)C23)C[C@@H]1O. The highest BCUT2D eigenvalue weighted by Crippen LogP contribution is 2.58. The van der Waals surface area contributed by atoms with Crippen LogP contribution in [0.4, 0.5) is 0 Å². The zero-order chi connectivity index (χ0) is 15.9. The van der Waals surface area contributed by atoms with Crippen LogP contribution in [-0.2, 0) is 14.3 Å². The topological polar surface area (TPSA) is 83.8 Å². The van der Waals surface area contributed by atoms with Crippen molar-refractivity contribution in [1.82, 2.24) is 0 Å². The normalized spacial score (nSPS) is 44.9. The molecule has 0 amide bonds. The third-order valence-electron chi connectivity index (χ3n) is 6.28. The van der Waals surface area contributed by atoms with Crippen molar-refractivity contribution >= 4 is 11.8 Å². The highest BCUT2D eigenvalue weighted by atomic mass is 16.6. The molecular weight excluding hydrogens is 284 g/mol. The summed E-state index contributed by atoms with van der Waals surface area (Å²) in [5, 5.41) is 19.5. The van der Waals surface area contributed by atoms with Gasteiger partial charge in [0, 0.05) is 18.3 Å². The Kier molecular flexibility index (Phi) is 4.29. The van der Waals surface area contributed by atoms with E-state index in [1.54, 1.807) is 0 Å². The number of rotatable bonds is 2. The number of carbonyl (C=O) groups is 2. The van der Waals surface area contributed by atoms with Crippen molar-refractivity contribution in [3.8, 4) is 0 Å². The van der Waals surface area contributed by atoms with Crippen molar-refractivity contribution in [1.29, 1.82) is 0 Å². The summed E-state index contributed by atoms with van der Waals surface area (Å²) in [6.45, 7) is 1.35. The molecule has 3 fully saturated rings. The van der Waals surface area contributed by atoms with Crippen molar-refractivity contribution in [3.63, 3.8) is 0 Å². The standard InChI is InChI=1S/C17H26O5/c1-10-7-14(22-15(21)9-18)11-3-2-5-17(8-13(10)20)6-4-12(19)16(11)17/h10-11,13-14,16,18,20H,2-9H2,1H3/t10?,11?,13-,14+,16?,17?/m0/s1. The minimum absolute atomic E-state index is 0.0330. The van der Waals surface area contributed by atoms with Gasteiger partial charge in [0.05, 0.1) is 6.10 Å². The molecule has 2 N–H and O–H groups in total. The van der Waals surface area contributed by atoms with Gasteiger partial charge in [0.1, 0.15) is 18.5 Å². The van der Waals surface area contributed by atoms with Crippen molar-refractivity contribution in [3.05, 3.63) is 0 Å². The van der Waals surface area contributed by atoms with Gasteiger partial charge in [-0.1, -0.05) is 13.3 Å². The van der Waals surface area contributed by atoms with Gasteiger partial charge in [-0.2, -0.15) is 0 Å². The van der Waals surface area contributed by atoms with Gasteiger partial charge >= 0.3 is 5.97 Å². The van der Waals surface area contributed by atoms with E-state index in [9.17, 15) is 14.7 Å². The van der Waals surface area contributed by atoms with Crippen LogP contribution in [0.15, 0.2) is 0 Å². The molecule has 4 unspecified atom stereocenters. The van der Waals surface area contributed by atoms with Crippen LogP contribution in [-0.4, -0.2) is 40.8 Å². The molecule has 6 atom stereocenters. The van der Waals surface area contributed by atoms with E-state index in [1.807, 2.05) is 6.92 Å². The van der Waals surface area contributed by atoms with Crippen LogP contribution in [0.25, 0.3) is 0 Å². The summed E-state index contributed by atoms with van der Waals surface area (Å²) < 4.78 is 5.48. The lowest BCUT2D eigenvalue weighted by Gasteiger charge is -2.49. The Morgan fingerprint density at radius 2 is 2.18 bits per heavy atom. The lowest BCUT2D eigenvalue weighted by Crippen LogP contribution is -2.49. The largest absolute Gasteiger partial charge is 0.460 e. The van der Waals surface area contributed by atoms with Gasteiger partial charge in [-0.3, -0.25) is 4.79 Å². The number of ether oxygens (including phenoxy) is 1. The molecule has 5 heteroatoms. The van der Waals surface area contributed by atoms with Crippen LogP contribution in [0, 0.1) is 23.2 Å². The molecule has 3 saturated carbocycles. The molecule has 3 aliphatic carbocycles. The number of aliphatic hydroxyl groups is 2. The number of ketones is 1. The molecule has 0 aromatic heterocycles. The molecule has 0 saturated heterocycles. The van der Waals surface area contributed by atoms with Crippen LogP contribution in [0.3, 0.4) is 0 Å². The maximum Gasteiger partial charge on any atom is 0.332 e. The van der Waals surface area contributed by atoms with Gasteiger partial charge in [0.15, 0.2) is 0 Å². The fourth-order valence-corrected chi connectivity index (χ4v) is 5.24. The fraction of sp³-hybridized carbons (Fsp3) is 0.882. The number of hydrogen-bond acceptors (Lipinski definition) is 5. The predicted molar refractivity (Wildman–Crippen MR) is 78.9 cm³/mol. The summed E-state index contributed by atoms with van der Waals surface area (Å²) >= 11 is 0. The smallest absolute Gasteiger partial charge is 0.332 e. The van der Waals surface area contributed by atoms with Crippen molar-refractivity contribution in [2.24, 2.45) is 23.2 Å². The first kappa shape index (κ1) is 15.9. The van der Waals surface area contributed by atoms with Gasteiger partial charge in [0.25, 0.3) is 0 Å². The summed E-state index contributed by atoms with van der Waals surface area (Å²) in [5.74, 6) is -0.356. The Balaban J connectivity index is 1.94. The summed E-state index contributed by atoms with van der Waals surface area (Å²) in [6, 6.07) is 0. The van der Waals surface area contributed by atoms with E-state index in [0.29, 0.717) is 19.3 Å². The second-order valence-corrected chi connectivity index (χ2v) is 7.53. The molecule has 0 aromatic rings. The Labute approximate surface area is 131 Å². The number of Topliss-reactive ketones (excluding diaryl/α,β-unsaturated/α-hetero) is 1. The third-order valence-corrected chi connectivity index (χ3v) is 6.28. The number of hydrogen-bond donors (Lipinski definition) is 2. The Morgan fingerprint density at radius 3 is 2.91 bits per heavy atom. The van der Waals surface area contributed by atoms with E-state index >= 15 is 0 Å². The van der Waals surface area contributed by atoms with E-state index in [2.05, 4.69) is 0 Å². The van der Waals surface area contributed by atoms with Gasteiger partial charge < -0.3 is 14.9 Å². The van der Waals surface area contributed by atoms with Gasteiger partial charge in [0.2, 0.25) is 0 Å². The van der Waals surface area contributed by atoms with E-state index in [-0.39, 0.29) is 35.1 Å². The van der Waals surface area contributed by atoms with Crippen LogP contribution < -0.4 is 0 Å². The van der Waals surface area contributed by atoms with Crippen LogP contribution >= 0.6 is 0 Å². The van der Waals surface area contributed by atoms with Crippen molar-refractivity contribution in [2.45, 2.75) is 64.1 Å². The average molecular weight is 310 g/mol. The first-order chi connectivity index (χ1) is 10.5. The first-order valence-electron chi connectivity index (χ1n) is 8.48. The molecular formula is C17H26O5. The van der Waals surface area contributed by atoms with Gasteiger partial charge in [-0.25, -0.2) is 4.79 Å². The van der Waals surface area contributed by atoms with E-state index < -0.39 is 18.7 Å². The monoisotopic (exact) mass is 310 g/mol.